The lowest BCUT2D eigenvalue weighted by molar-refractivity contribution is -0.131. The lowest BCUT2D eigenvalue weighted by Crippen LogP contribution is -2.45. The van der Waals surface area contributed by atoms with Crippen LogP contribution in [0.2, 0.25) is 0 Å². The Labute approximate surface area is 118 Å². The van der Waals surface area contributed by atoms with E-state index in [1.54, 1.807) is 12.4 Å². The summed E-state index contributed by atoms with van der Waals surface area (Å²) in [5.74, 6) is -0.261. The van der Waals surface area contributed by atoms with E-state index in [-0.39, 0.29) is 0 Å². The summed E-state index contributed by atoms with van der Waals surface area (Å²) in [6, 6.07) is 0.527. The number of piperidine rings is 1. The van der Waals surface area contributed by atoms with Crippen molar-refractivity contribution in [2.24, 2.45) is 0 Å². The Morgan fingerprint density at radius 3 is 2.75 bits per heavy atom. The number of carboxylic acid groups (broad SMARTS) is 1. The van der Waals surface area contributed by atoms with E-state index in [0.717, 1.165) is 25.6 Å². The molecule has 6 heteroatoms. The summed E-state index contributed by atoms with van der Waals surface area (Å²) in [4.78, 5) is 23.5. The van der Waals surface area contributed by atoms with Crippen molar-refractivity contribution >= 4 is 18.0 Å². The van der Waals surface area contributed by atoms with E-state index < -0.39 is 5.97 Å². The molecule has 0 spiro atoms. The molecule has 0 saturated carbocycles. The lowest BCUT2D eigenvalue weighted by atomic mass is 10.1. The minimum atomic E-state index is -0.973. The quantitative estimate of drug-likeness (QED) is 0.831. The second-order valence-electron chi connectivity index (χ2n) is 5.19. The van der Waals surface area contributed by atoms with Gasteiger partial charge in [-0.05, 0) is 33.0 Å². The van der Waals surface area contributed by atoms with Gasteiger partial charge in [0.15, 0.2) is 0 Å². The number of aliphatic carboxylic acids is 1. The van der Waals surface area contributed by atoms with Crippen molar-refractivity contribution < 1.29 is 9.90 Å². The highest BCUT2D eigenvalue weighted by Crippen LogP contribution is 2.18. The molecule has 1 aliphatic heterocycles. The van der Waals surface area contributed by atoms with Crippen molar-refractivity contribution in [3.05, 3.63) is 24.0 Å². The largest absolute Gasteiger partial charge is 0.478 e. The average molecular weight is 276 g/mol. The Morgan fingerprint density at radius 2 is 2.15 bits per heavy atom. The highest BCUT2D eigenvalue weighted by Gasteiger charge is 2.22. The van der Waals surface area contributed by atoms with Crippen molar-refractivity contribution in [3.8, 4) is 0 Å². The number of hydrogen-bond donors (Lipinski definition) is 1. The number of aromatic nitrogens is 2. The highest BCUT2D eigenvalue weighted by molar-refractivity contribution is 5.85. The summed E-state index contributed by atoms with van der Waals surface area (Å²) in [6.45, 7) is 1.89. The van der Waals surface area contributed by atoms with Gasteiger partial charge in [-0.25, -0.2) is 14.8 Å². The average Bonchev–Trinajstić information content (AvgIpc) is 2.46. The Hall–Kier alpha value is -1.95. The van der Waals surface area contributed by atoms with Crippen LogP contribution >= 0.6 is 0 Å². The Morgan fingerprint density at radius 1 is 1.45 bits per heavy atom. The fraction of sp³-hybridized carbons (Fsp3) is 0.500. The van der Waals surface area contributed by atoms with E-state index in [1.807, 2.05) is 0 Å². The van der Waals surface area contributed by atoms with Gasteiger partial charge in [0, 0.05) is 43.2 Å². The first kappa shape index (κ1) is 14.5. The maximum absolute atomic E-state index is 10.4. The molecule has 1 fully saturated rings. The molecule has 1 aromatic heterocycles. The highest BCUT2D eigenvalue weighted by atomic mass is 16.4. The molecule has 0 bridgehead atoms. The van der Waals surface area contributed by atoms with Crippen LogP contribution in [0.5, 0.6) is 0 Å². The molecule has 0 aliphatic carbocycles. The molecule has 6 nitrogen and oxygen atoms in total. The molecule has 1 N–H and O–H groups in total. The number of rotatable bonds is 4. The summed E-state index contributed by atoms with van der Waals surface area (Å²) in [5.41, 5.74) is 0.692. The van der Waals surface area contributed by atoms with Crippen LogP contribution in [0.3, 0.4) is 0 Å². The summed E-state index contributed by atoms with van der Waals surface area (Å²) in [5, 5.41) is 8.57. The number of anilines is 1. The van der Waals surface area contributed by atoms with Gasteiger partial charge in [0.2, 0.25) is 5.95 Å². The first-order chi connectivity index (χ1) is 9.56. The molecule has 2 rings (SSSR count). The zero-order valence-electron chi connectivity index (χ0n) is 11.9. The summed E-state index contributed by atoms with van der Waals surface area (Å²) in [6.07, 6.45) is 8.21. The van der Waals surface area contributed by atoms with Gasteiger partial charge in [-0.2, -0.15) is 0 Å². The first-order valence-corrected chi connectivity index (χ1v) is 6.70. The van der Waals surface area contributed by atoms with Crippen LogP contribution in [0.25, 0.3) is 6.08 Å². The van der Waals surface area contributed by atoms with Gasteiger partial charge in [0.05, 0.1) is 0 Å². The van der Waals surface area contributed by atoms with Crippen LogP contribution in [0.1, 0.15) is 18.4 Å². The molecule has 108 valence electrons. The van der Waals surface area contributed by atoms with E-state index in [1.165, 1.54) is 12.5 Å². The van der Waals surface area contributed by atoms with Crippen molar-refractivity contribution in [1.82, 2.24) is 14.9 Å². The molecule has 1 aromatic rings. The van der Waals surface area contributed by atoms with Crippen LogP contribution in [0.4, 0.5) is 5.95 Å². The van der Waals surface area contributed by atoms with E-state index in [2.05, 4.69) is 33.9 Å². The standard InChI is InChI=1S/C14H20N4O2/c1-17(2)12-4-3-7-18(10-12)14-15-8-11(9-16-14)5-6-13(19)20/h5-6,8-9,12H,3-4,7,10H2,1-2H3,(H,19,20)/b6-5+. The van der Waals surface area contributed by atoms with Crippen LogP contribution < -0.4 is 4.90 Å². The van der Waals surface area contributed by atoms with Gasteiger partial charge in [0.1, 0.15) is 0 Å². The zero-order chi connectivity index (χ0) is 14.5. The Kier molecular flexibility index (Phi) is 4.68. The van der Waals surface area contributed by atoms with Crippen molar-refractivity contribution in [1.29, 1.82) is 0 Å². The van der Waals surface area contributed by atoms with Gasteiger partial charge in [-0.15, -0.1) is 0 Å². The molecule has 2 heterocycles. The van der Waals surface area contributed by atoms with Crippen LogP contribution in [0, 0.1) is 0 Å². The third kappa shape index (κ3) is 3.77. The Bertz CT molecular complexity index is 484. The maximum Gasteiger partial charge on any atom is 0.328 e. The van der Waals surface area contributed by atoms with Crippen molar-refractivity contribution in [2.75, 3.05) is 32.1 Å². The molecule has 1 saturated heterocycles. The van der Waals surface area contributed by atoms with Gasteiger partial charge in [-0.1, -0.05) is 0 Å². The van der Waals surface area contributed by atoms with Gasteiger partial charge >= 0.3 is 5.97 Å². The molecular formula is C14H20N4O2. The predicted octanol–water partition coefficient (Wildman–Crippen LogP) is 1.10. The third-order valence-corrected chi connectivity index (χ3v) is 3.49. The summed E-state index contributed by atoms with van der Waals surface area (Å²) in [7, 11) is 4.18. The van der Waals surface area contributed by atoms with Crippen LogP contribution in [-0.2, 0) is 4.79 Å². The predicted molar refractivity (Wildman–Crippen MR) is 77.6 cm³/mol. The summed E-state index contributed by atoms with van der Waals surface area (Å²) < 4.78 is 0. The number of nitrogens with zero attached hydrogens (tertiary/aromatic N) is 4. The van der Waals surface area contributed by atoms with Gasteiger partial charge in [0.25, 0.3) is 0 Å². The fourth-order valence-corrected chi connectivity index (χ4v) is 2.31. The van der Waals surface area contributed by atoms with Gasteiger partial charge < -0.3 is 14.9 Å². The lowest BCUT2D eigenvalue weighted by Gasteiger charge is -2.36. The molecule has 0 amide bonds. The van der Waals surface area contributed by atoms with E-state index in [9.17, 15) is 4.79 Å². The molecule has 0 radical (unpaired) electrons. The Balaban J connectivity index is 2.04. The molecule has 1 aliphatic rings. The van der Waals surface area contributed by atoms with E-state index in [0.29, 0.717) is 17.6 Å². The van der Waals surface area contributed by atoms with E-state index >= 15 is 0 Å². The second-order valence-corrected chi connectivity index (χ2v) is 5.19. The fourth-order valence-electron chi connectivity index (χ4n) is 2.31. The minimum Gasteiger partial charge on any atom is -0.478 e. The first-order valence-electron chi connectivity index (χ1n) is 6.70. The molecule has 0 aromatic carbocycles. The second kappa shape index (κ2) is 6.47. The normalized spacial score (nSPS) is 19.8. The summed E-state index contributed by atoms with van der Waals surface area (Å²) >= 11 is 0. The number of hydrogen-bond acceptors (Lipinski definition) is 5. The monoisotopic (exact) mass is 276 g/mol. The molecule has 1 unspecified atom stereocenters. The number of carbonyl (C=O) groups is 1. The topological polar surface area (TPSA) is 69.6 Å². The van der Waals surface area contributed by atoms with Gasteiger partial charge in [-0.3, -0.25) is 0 Å². The SMILES string of the molecule is CN(C)C1CCCN(c2ncc(/C=C/C(=O)O)cn2)C1. The minimum absolute atomic E-state index is 0.527. The smallest absolute Gasteiger partial charge is 0.328 e. The van der Waals surface area contributed by atoms with Crippen LogP contribution in [0.15, 0.2) is 18.5 Å². The van der Waals surface area contributed by atoms with Crippen LogP contribution in [-0.4, -0.2) is 59.2 Å². The number of likely N-dealkylation sites (N-methyl/N-ethyl adjacent to an activating group) is 1. The zero-order valence-corrected chi connectivity index (χ0v) is 11.9. The van der Waals surface area contributed by atoms with Crippen molar-refractivity contribution in [3.63, 3.8) is 0 Å². The van der Waals surface area contributed by atoms with E-state index in [4.69, 9.17) is 5.11 Å². The third-order valence-electron chi connectivity index (χ3n) is 3.49. The van der Waals surface area contributed by atoms with Crippen molar-refractivity contribution in [2.45, 2.75) is 18.9 Å². The molecule has 20 heavy (non-hydrogen) atoms. The molecule has 1 atom stereocenters. The molecular weight excluding hydrogens is 256 g/mol. The number of carboxylic acids is 1. The maximum atomic E-state index is 10.4.